The summed E-state index contributed by atoms with van der Waals surface area (Å²) in [5.74, 6) is -3.78. The third kappa shape index (κ3) is 2.64. The average Bonchev–Trinajstić information content (AvgIpc) is 2.81. The van der Waals surface area contributed by atoms with Gasteiger partial charge in [0.25, 0.3) is 5.91 Å². The predicted octanol–water partition coefficient (Wildman–Crippen LogP) is 0.117. The minimum atomic E-state index is -1.55. The van der Waals surface area contributed by atoms with Gasteiger partial charge in [-0.2, -0.15) is 0 Å². The van der Waals surface area contributed by atoms with E-state index < -0.39 is 23.5 Å². The molecule has 0 aromatic carbocycles. The van der Waals surface area contributed by atoms with E-state index in [9.17, 15) is 14.4 Å². The lowest BCUT2D eigenvalue weighted by Gasteiger charge is -2.04. The highest BCUT2D eigenvalue weighted by atomic mass is 16.4. The lowest BCUT2D eigenvalue weighted by molar-refractivity contribution is -0.135. The largest absolute Gasteiger partial charge is 0.478 e. The number of amides is 1. The maximum Gasteiger partial charge on any atom is 0.352 e. The highest BCUT2D eigenvalue weighted by molar-refractivity contribution is 6.02. The second-order valence-electron chi connectivity index (χ2n) is 3.73. The van der Waals surface area contributed by atoms with Crippen LogP contribution in [0.5, 0.6) is 0 Å². The van der Waals surface area contributed by atoms with Gasteiger partial charge in [0.2, 0.25) is 0 Å². The summed E-state index contributed by atoms with van der Waals surface area (Å²) in [6, 6.07) is 5.08. The fourth-order valence-electron chi connectivity index (χ4n) is 1.56. The van der Waals surface area contributed by atoms with Crippen LogP contribution in [0.4, 0.5) is 0 Å². The van der Waals surface area contributed by atoms with E-state index in [1.54, 1.807) is 24.4 Å². The van der Waals surface area contributed by atoms with E-state index in [0.717, 1.165) is 0 Å². The van der Waals surface area contributed by atoms with E-state index >= 15 is 0 Å². The number of imidazole rings is 1. The highest BCUT2D eigenvalue weighted by Crippen LogP contribution is 2.06. The molecule has 2 rings (SSSR count). The SMILES string of the molecule is O=C(O)/C=C(\NC(=O)c1cnc2ccccn12)C(=O)O. The standard InChI is InChI=1S/C12H9N3O5/c16-10(17)5-7(12(19)20)14-11(18)8-6-13-9-3-1-2-4-15(8)9/h1-6H,(H,14,18)(H,16,17)(H,19,20)/b7-5-. The Hall–Kier alpha value is -3.16. The van der Waals surface area contributed by atoms with Crippen molar-refractivity contribution in [2.45, 2.75) is 0 Å². The van der Waals surface area contributed by atoms with Gasteiger partial charge < -0.3 is 15.5 Å². The second kappa shape index (κ2) is 5.22. The van der Waals surface area contributed by atoms with Gasteiger partial charge in [-0.05, 0) is 12.1 Å². The molecule has 8 heteroatoms. The third-order valence-electron chi connectivity index (χ3n) is 2.40. The Morgan fingerprint density at radius 1 is 1.25 bits per heavy atom. The van der Waals surface area contributed by atoms with Crippen LogP contribution in [0.3, 0.4) is 0 Å². The van der Waals surface area contributed by atoms with Crippen LogP contribution in [0.1, 0.15) is 10.5 Å². The molecule has 0 aliphatic carbocycles. The molecule has 0 aliphatic heterocycles. The summed E-state index contributed by atoms with van der Waals surface area (Å²) in [4.78, 5) is 37.2. The minimum Gasteiger partial charge on any atom is -0.478 e. The van der Waals surface area contributed by atoms with Crippen LogP contribution < -0.4 is 5.32 Å². The predicted molar refractivity (Wildman–Crippen MR) is 66.0 cm³/mol. The fraction of sp³-hybridized carbons (Fsp3) is 0. The third-order valence-corrected chi connectivity index (χ3v) is 2.40. The molecule has 2 heterocycles. The number of fused-ring (bicyclic) bond motifs is 1. The van der Waals surface area contributed by atoms with Gasteiger partial charge in [0.05, 0.1) is 12.3 Å². The summed E-state index contributed by atoms with van der Waals surface area (Å²) in [5, 5.41) is 19.4. The fourth-order valence-corrected chi connectivity index (χ4v) is 1.56. The van der Waals surface area contributed by atoms with Crippen molar-refractivity contribution >= 4 is 23.5 Å². The molecule has 3 N–H and O–H groups in total. The molecule has 0 radical (unpaired) electrons. The molecule has 0 spiro atoms. The Labute approximate surface area is 112 Å². The van der Waals surface area contributed by atoms with Crippen LogP contribution >= 0.6 is 0 Å². The summed E-state index contributed by atoms with van der Waals surface area (Å²) in [6.45, 7) is 0. The summed E-state index contributed by atoms with van der Waals surface area (Å²) in [6.07, 6.45) is 3.26. The number of carbonyl (C=O) groups excluding carboxylic acids is 1. The Morgan fingerprint density at radius 3 is 2.65 bits per heavy atom. The van der Waals surface area contributed by atoms with E-state index in [0.29, 0.717) is 11.7 Å². The van der Waals surface area contributed by atoms with E-state index in [1.807, 2.05) is 5.32 Å². The number of hydrogen-bond acceptors (Lipinski definition) is 4. The van der Waals surface area contributed by atoms with Gasteiger partial charge in [-0.1, -0.05) is 6.07 Å². The molecule has 102 valence electrons. The second-order valence-corrected chi connectivity index (χ2v) is 3.73. The lowest BCUT2D eigenvalue weighted by atomic mass is 10.3. The van der Waals surface area contributed by atoms with Gasteiger partial charge in [-0.25, -0.2) is 14.6 Å². The quantitative estimate of drug-likeness (QED) is 0.681. The number of carboxylic acid groups (broad SMARTS) is 2. The van der Waals surface area contributed by atoms with Gasteiger partial charge >= 0.3 is 11.9 Å². The van der Waals surface area contributed by atoms with Crippen molar-refractivity contribution in [1.29, 1.82) is 0 Å². The normalized spacial score (nSPS) is 11.3. The molecule has 0 saturated carbocycles. The zero-order chi connectivity index (χ0) is 14.7. The number of aromatic nitrogens is 2. The molecule has 8 nitrogen and oxygen atoms in total. The molecule has 0 fully saturated rings. The molecule has 1 amide bonds. The van der Waals surface area contributed by atoms with E-state index in [-0.39, 0.29) is 5.69 Å². The van der Waals surface area contributed by atoms with Gasteiger partial charge in [-0.15, -0.1) is 0 Å². The van der Waals surface area contributed by atoms with Crippen molar-refractivity contribution in [3.63, 3.8) is 0 Å². The van der Waals surface area contributed by atoms with Crippen LogP contribution in [0.25, 0.3) is 5.65 Å². The summed E-state index contributed by atoms with van der Waals surface area (Å²) in [5.41, 5.74) is -0.122. The zero-order valence-corrected chi connectivity index (χ0v) is 9.98. The van der Waals surface area contributed by atoms with Crippen molar-refractivity contribution in [2.75, 3.05) is 0 Å². The van der Waals surface area contributed by atoms with Crippen LogP contribution in [0.2, 0.25) is 0 Å². The minimum absolute atomic E-state index is 0.0955. The van der Waals surface area contributed by atoms with Crippen molar-refractivity contribution in [2.24, 2.45) is 0 Å². The van der Waals surface area contributed by atoms with Gasteiger partial charge in [0.15, 0.2) is 0 Å². The van der Waals surface area contributed by atoms with E-state index in [4.69, 9.17) is 10.2 Å². The van der Waals surface area contributed by atoms with E-state index in [1.165, 1.54) is 10.6 Å². The maximum atomic E-state index is 11.9. The molecule has 20 heavy (non-hydrogen) atoms. The number of pyridine rings is 1. The first-order valence-corrected chi connectivity index (χ1v) is 5.40. The number of nitrogens with one attached hydrogen (secondary N) is 1. The summed E-state index contributed by atoms with van der Waals surface area (Å²) >= 11 is 0. The number of nitrogens with zero attached hydrogens (tertiary/aromatic N) is 2. The molecule has 0 aliphatic rings. The van der Waals surface area contributed by atoms with Crippen LogP contribution in [-0.2, 0) is 9.59 Å². The Balaban J connectivity index is 2.32. The molecule has 0 unspecified atom stereocenters. The molecular weight excluding hydrogens is 266 g/mol. The molecule has 2 aromatic heterocycles. The first kappa shape index (κ1) is 13.3. The Morgan fingerprint density at radius 2 is 2.00 bits per heavy atom. The van der Waals surface area contributed by atoms with Crippen molar-refractivity contribution < 1.29 is 24.6 Å². The highest BCUT2D eigenvalue weighted by Gasteiger charge is 2.17. The first-order chi connectivity index (χ1) is 9.49. The van der Waals surface area contributed by atoms with Crippen LogP contribution in [0, 0.1) is 0 Å². The molecule has 0 saturated heterocycles. The number of rotatable bonds is 4. The summed E-state index contributed by atoms with van der Waals surface area (Å²) in [7, 11) is 0. The van der Waals surface area contributed by atoms with E-state index in [2.05, 4.69) is 4.98 Å². The summed E-state index contributed by atoms with van der Waals surface area (Å²) < 4.78 is 1.45. The van der Waals surface area contributed by atoms with Crippen molar-refractivity contribution in [1.82, 2.24) is 14.7 Å². The number of carbonyl (C=O) groups is 3. The van der Waals surface area contributed by atoms with Gasteiger partial charge in [-0.3, -0.25) is 9.20 Å². The maximum absolute atomic E-state index is 11.9. The first-order valence-electron chi connectivity index (χ1n) is 5.40. The van der Waals surface area contributed by atoms with Crippen molar-refractivity contribution in [3.8, 4) is 0 Å². The smallest absolute Gasteiger partial charge is 0.352 e. The Bertz CT molecular complexity index is 732. The average molecular weight is 275 g/mol. The van der Waals surface area contributed by atoms with Crippen LogP contribution in [-0.4, -0.2) is 37.4 Å². The van der Waals surface area contributed by atoms with Crippen LogP contribution in [0.15, 0.2) is 42.4 Å². The lowest BCUT2D eigenvalue weighted by Crippen LogP contribution is -2.29. The number of carboxylic acids is 2. The zero-order valence-electron chi connectivity index (χ0n) is 9.98. The molecular formula is C12H9N3O5. The number of hydrogen-bond donors (Lipinski definition) is 3. The topological polar surface area (TPSA) is 121 Å². The van der Waals surface area contributed by atoms with Gasteiger partial charge in [0.1, 0.15) is 17.0 Å². The molecule has 2 aromatic rings. The molecule has 0 atom stereocenters. The number of aliphatic carboxylic acids is 2. The van der Waals surface area contributed by atoms with Crippen molar-refractivity contribution in [3.05, 3.63) is 48.1 Å². The molecule has 0 bridgehead atoms. The monoisotopic (exact) mass is 275 g/mol. The van der Waals surface area contributed by atoms with Gasteiger partial charge in [0, 0.05) is 6.20 Å². The Kier molecular flexibility index (Phi) is 3.47.